The summed E-state index contributed by atoms with van der Waals surface area (Å²) in [7, 11) is 0. The van der Waals surface area contributed by atoms with Gasteiger partial charge in [-0.2, -0.15) is 0 Å². The summed E-state index contributed by atoms with van der Waals surface area (Å²) in [4.78, 5) is 35.6. The zero-order valence-corrected chi connectivity index (χ0v) is 16.5. The Hall–Kier alpha value is -2.83. The van der Waals surface area contributed by atoms with Crippen LogP contribution in [0.25, 0.3) is 10.9 Å². The maximum atomic E-state index is 12.0. The minimum absolute atomic E-state index is 0.0361. The first-order valence-electron chi connectivity index (χ1n) is 9.98. The maximum absolute atomic E-state index is 12.0. The average molecular weight is 386 g/mol. The van der Waals surface area contributed by atoms with Crippen LogP contribution in [0.4, 0.5) is 0 Å². The van der Waals surface area contributed by atoms with Crippen molar-refractivity contribution in [1.29, 1.82) is 0 Å². The van der Waals surface area contributed by atoms with Crippen LogP contribution in [0.1, 0.15) is 51.9 Å². The quantitative estimate of drug-likeness (QED) is 0.409. The van der Waals surface area contributed by atoms with Crippen molar-refractivity contribution < 1.29 is 14.4 Å². The smallest absolute Gasteiger partial charge is 0.258 e. The molecule has 3 amide bonds. The first-order valence-corrected chi connectivity index (χ1v) is 9.98. The second kappa shape index (κ2) is 11.8. The fraction of sp³-hybridized carbons (Fsp3) is 0.476. The molecule has 0 radical (unpaired) electrons. The summed E-state index contributed by atoms with van der Waals surface area (Å²) in [5, 5.41) is 3.87. The molecule has 7 nitrogen and oxygen atoms in total. The predicted molar refractivity (Wildman–Crippen MR) is 109 cm³/mol. The minimum atomic E-state index is -0.385. The van der Waals surface area contributed by atoms with Crippen molar-refractivity contribution in [3.05, 3.63) is 36.5 Å². The van der Waals surface area contributed by atoms with Gasteiger partial charge in [-0.25, -0.2) is 0 Å². The third kappa shape index (κ3) is 7.42. The monoisotopic (exact) mass is 386 g/mol. The minimum Gasteiger partial charge on any atom is -0.356 e. The summed E-state index contributed by atoms with van der Waals surface area (Å²) < 4.78 is 1.81. The number of nitrogens with zero attached hydrogens (tertiary/aromatic N) is 1. The molecular formula is C21H30N4O3. The van der Waals surface area contributed by atoms with Gasteiger partial charge in [0.15, 0.2) is 0 Å². The molecule has 0 saturated heterocycles. The number of unbranched alkanes of at least 4 members (excludes halogenated alkanes) is 4. The number of para-hydroxylation sites is 1. The van der Waals surface area contributed by atoms with Crippen molar-refractivity contribution in [2.24, 2.45) is 0 Å². The number of aromatic nitrogens is 1. The number of carbonyl (C=O) groups excluding carboxylic acids is 3. The van der Waals surface area contributed by atoms with Crippen LogP contribution in [0.15, 0.2) is 36.5 Å². The van der Waals surface area contributed by atoms with Gasteiger partial charge in [-0.15, -0.1) is 0 Å². The first kappa shape index (κ1) is 21.5. The van der Waals surface area contributed by atoms with Gasteiger partial charge < -0.3 is 9.88 Å². The third-order valence-corrected chi connectivity index (χ3v) is 4.52. The number of amides is 3. The number of hydrogen-bond donors (Lipinski definition) is 3. The van der Waals surface area contributed by atoms with Gasteiger partial charge in [0, 0.05) is 31.1 Å². The molecule has 2 rings (SSSR count). The molecule has 3 N–H and O–H groups in total. The first-order chi connectivity index (χ1) is 13.6. The van der Waals surface area contributed by atoms with Crippen LogP contribution in [-0.2, 0) is 20.9 Å². The molecule has 0 saturated carbocycles. The lowest BCUT2D eigenvalue weighted by Gasteiger charge is -2.09. The molecule has 7 heteroatoms. The fourth-order valence-corrected chi connectivity index (χ4v) is 2.95. The van der Waals surface area contributed by atoms with Crippen LogP contribution >= 0.6 is 0 Å². The number of carbonyl (C=O) groups is 3. The van der Waals surface area contributed by atoms with E-state index in [-0.39, 0.29) is 37.1 Å². The molecule has 0 bridgehead atoms. The predicted octanol–water partition coefficient (Wildman–Crippen LogP) is 2.66. The molecule has 28 heavy (non-hydrogen) atoms. The fourth-order valence-electron chi connectivity index (χ4n) is 2.95. The molecule has 1 heterocycles. The van der Waals surface area contributed by atoms with E-state index in [2.05, 4.69) is 23.1 Å². The number of fused-ring (bicyclic) bond motifs is 1. The van der Waals surface area contributed by atoms with Crippen LogP contribution in [-0.4, -0.2) is 28.8 Å². The second-order valence-corrected chi connectivity index (χ2v) is 6.86. The number of benzene rings is 1. The van der Waals surface area contributed by atoms with Gasteiger partial charge in [0.25, 0.3) is 5.91 Å². The van der Waals surface area contributed by atoms with Crippen molar-refractivity contribution >= 4 is 28.6 Å². The van der Waals surface area contributed by atoms with E-state index in [1.807, 2.05) is 41.1 Å². The summed E-state index contributed by atoms with van der Waals surface area (Å²) >= 11 is 0. The van der Waals surface area contributed by atoms with Gasteiger partial charge >= 0.3 is 0 Å². The largest absolute Gasteiger partial charge is 0.356 e. The lowest BCUT2D eigenvalue weighted by molar-refractivity contribution is -0.130. The molecule has 0 unspecified atom stereocenters. The number of rotatable bonds is 11. The zero-order chi connectivity index (χ0) is 20.2. The Balaban J connectivity index is 1.59. The van der Waals surface area contributed by atoms with Crippen LogP contribution in [0, 0.1) is 0 Å². The molecular weight excluding hydrogens is 356 g/mol. The van der Waals surface area contributed by atoms with Crippen LogP contribution in [0.2, 0.25) is 0 Å². The average Bonchev–Trinajstić information content (AvgIpc) is 3.10. The summed E-state index contributed by atoms with van der Waals surface area (Å²) in [6.07, 6.45) is 7.65. The van der Waals surface area contributed by atoms with Gasteiger partial charge in [-0.1, -0.05) is 50.8 Å². The highest BCUT2D eigenvalue weighted by Crippen LogP contribution is 2.14. The van der Waals surface area contributed by atoms with E-state index in [1.165, 1.54) is 19.3 Å². The Morgan fingerprint density at radius 2 is 1.57 bits per heavy atom. The second-order valence-electron chi connectivity index (χ2n) is 6.86. The van der Waals surface area contributed by atoms with E-state index in [9.17, 15) is 14.4 Å². The van der Waals surface area contributed by atoms with Crippen LogP contribution < -0.4 is 16.2 Å². The molecule has 0 fully saturated rings. The highest BCUT2D eigenvalue weighted by atomic mass is 16.2. The molecule has 0 spiro atoms. The highest BCUT2D eigenvalue weighted by Gasteiger charge is 2.09. The summed E-state index contributed by atoms with van der Waals surface area (Å²) in [5.74, 6) is -0.856. The maximum Gasteiger partial charge on any atom is 0.258 e. The summed E-state index contributed by atoms with van der Waals surface area (Å²) in [6, 6.07) is 9.69. The van der Waals surface area contributed by atoms with Gasteiger partial charge in [0.2, 0.25) is 11.8 Å². The zero-order valence-electron chi connectivity index (χ0n) is 16.5. The van der Waals surface area contributed by atoms with Crippen molar-refractivity contribution in [3.63, 3.8) is 0 Å². The van der Waals surface area contributed by atoms with Crippen LogP contribution in [0.5, 0.6) is 0 Å². The standard InChI is InChI=1S/C21H30N4O3/c1-2-3-4-5-8-14-22-19(26)11-12-20(27)23-24-21(28)16-25-15-13-17-9-6-7-10-18(17)25/h6-7,9-10,13,15H,2-5,8,11-12,14,16H2,1H3,(H,22,26)(H,23,27)(H,24,28). The SMILES string of the molecule is CCCCCCCNC(=O)CCC(=O)NNC(=O)Cn1ccc2ccccc21. The molecule has 0 aliphatic heterocycles. The summed E-state index contributed by atoms with van der Waals surface area (Å²) in [5.41, 5.74) is 5.70. The van der Waals surface area contributed by atoms with Gasteiger partial charge in [0.05, 0.1) is 0 Å². The highest BCUT2D eigenvalue weighted by molar-refractivity contribution is 5.86. The topological polar surface area (TPSA) is 92.2 Å². The Kier molecular flexibility index (Phi) is 9.04. The number of hydrogen-bond acceptors (Lipinski definition) is 3. The Morgan fingerprint density at radius 1 is 0.857 bits per heavy atom. The van der Waals surface area contributed by atoms with E-state index in [1.54, 1.807) is 0 Å². The van der Waals surface area contributed by atoms with Crippen molar-refractivity contribution in [2.75, 3.05) is 6.54 Å². The molecule has 0 aliphatic carbocycles. The molecule has 1 aromatic carbocycles. The molecule has 1 aromatic heterocycles. The van der Waals surface area contributed by atoms with E-state index in [0.717, 1.165) is 23.7 Å². The Labute approximate surface area is 165 Å². The molecule has 0 aliphatic rings. The van der Waals surface area contributed by atoms with E-state index < -0.39 is 0 Å². The normalized spacial score (nSPS) is 10.6. The molecule has 152 valence electrons. The van der Waals surface area contributed by atoms with Crippen molar-refractivity contribution in [1.82, 2.24) is 20.7 Å². The number of hydrazine groups is 1. The Bertz CT molecular complexity index is 785. The van der Waals surface area contributed by atoms with Gasteiger partial charge in [-0.05, 0) is 23.9 Å². The lowest BCUT2D eigenvalue weighted by atomic mass is 10.1. The van der Waals surface area contributed by atoms with E-state index in [4.69, 9.17) is 0 Å². The third-order valence-electron chi connectivity index (χ3n) is 4.52. The molecule has 2 aromatic rings. The van der Waals surface area contributed by atoms with Crippen molar-refractivity contribution in [2.45, 2.75) is 58.4 Å². The van der Waals surface area contributed by atoms with E-state index >= 15 is 0 Å². The van der Waals surface area contributed by atoms with Crippen molar-refractivity contribution in [3.8, 4) is 0 Å². The van der Waals surface area contributed by atoms with Gasteiger partial charge in [-0.3, -0.25) is 25.2 Å². The number of nitrogens with one attached hydrogen (secondary N) is 3. The van der Waals surface area contributed by atoms with Gasteiger partial charge in [0.1, 0.15) is 6.54 Å². The summed E-state index contributed by atoms with van der Waals surface area (Å²) in [6.45, 7) is 2.91. The van der Waals surface area contributed by atoms with Crippen LogP contribution in [0.3, 0.4) is 0 Å². The Morgan fingerprint density at radius 3 is 2.39 bits per heavy atom. The molecule has 0 atom stereocenters. The lowest BCUT2D eigenvalue weighted by Crippen LogP contribution is -2.43. The van der Waals surface area contributed by atoms with E-state index in [0.29, 0.717) is 6.54 Å².